The third-order valence-electron chi connectivity index (χ3n) is 2.99. The predicted molar refractivity (Wildman–Crippen MR) is 72.4 cm³/mol. The number of hydrogen-bond donors (Lipinski definition) is 0. The van der Waals surface area contributed by atoms with Crippen LogP contribution in [0.25, 0.3) is 0 Å². The normalized spacial score (nSPS) is 16.1. The summed E-state index contributed by atoms with van der Waals surface area (Å²) in [5, 5.41) is 0. The van der Waals surface area contributed by atoms with Crippen LogP contribution in [-0.4, -0.2) is 5.75 Å². The van der Waals surface area contributed by atoms with Crippen molar-refractivity contribution in [2.75, 3.05) is 5.75 Å². The van der Waals surface area contributed by atoms with Crippen LogP contribution in [0.3, 0.4) is 0 Å². The van der Waals surface area contributed by atoms with E-state index in [0.29, 0.717) is 11.8 Å². The molecule has 2 heterocycles. The van der Waals surface area contributed by atoms with Gasteiger partial charge in [-0.05, 0) is 35.1 Å². The van der Waals surface area contributed by atoms with E-state index < -0.39 is 0 Å². The van der Waals surface area contributed by atoms with Crippen molar-refractivity contribution in [1.82, 2.24) is 0 Å². The monoisotopic (exact) mass is 240 g/mol. The summed E-state index contributed by atoms with van der Waals surface area (Å²) in [5.41, 5.74) is 3.39. The van der Waals surface area contributed by atoms with E-state index in [1.54, 1.807) is 20.9 Å². The van der Waals surface area contributed by atoms with Crippen LogP contribution in [0.5, 0.6) is 0 Å². The van der Waals surface area contributed by atoms with E-state index in [1.807, 2.05) is 0 Å². The highest BCUT2D eigenvalue weighted by atomic mass is 32.2. The van der Waals surface area contributed by atoms with E-state index in [1.165, 1.54) is 17.9 Å². The van der Waals surface area contributed by atoms with Gasteiger partial charge in [0.25, 0.3) is 0 Å². The second kappa shape index (κ2) is 4.50. The molecule has 0 amide bonds. The molecule has 1 aliphatic rings. The highest BCUT2D eigenvalue weighted by molar-refractivity contribution is 7.98. The lowest BCUT2D eigenvalue weighted by molar-refractivity contribution is 0.795. The summed E-state index contributed by atoms with van der Waals surface area (Å²) in [5.74, 6) is 3.97. The summed E-state index contributed by atoms with van der Waals surface area (Å²) in [4.78, 5) is 3.32. The van der Waals surface area contributed by atoms with Gasteiger partial charge in [0.1, 0.15) is 0 Å². The molecule has 0 atom stereocenters. The maximum absolute atomic E-state index is 2.34. The molecule has 0 spiro atoms. The number of thiophene rings is 1. The number of thioether (sulfide) groups is 1. The summed E-state index contributed by atoms with van der Waals surface area (Å²) < 4.78 is 0. The molecule has 0 N–H and O–H groups in total. The number of fused-ring (bicyclic) bond motifs is 1. The first-order chi connectivity index (χ1) is 7.11. The van der Waals surface area contributed by atoms with Gasteiger partial charge in [0, 0.05) is 15.5 Å². The fraction of sp³-hybridized carbons (Fsp3) is 0.692. The quantitative estimate of drug-likeness (QED) is 0.716. The molecule has 0 aromatic carbocycles. The van der Waals surface area contributed by atoms with Gasteiger partial charge < -0.3 is 0 Å². The van der Waals surface area contributed by atoms with E-state index in [2.05, 4.69) is 50.8 Å². The van der Waals surface area contributed by atoms with E-state index in [4.69, 9.17) is 0 Å². The smallest absolute Gasteiger partial charge is 0.0282 e. The lowest BCUT2D eigenvalue weighted by Crippen LogP contribution is -2.03. The van der Waals surface area contributed by atoms with E-state index in [9.17, 15) is 0 Å². The van der Waals surface area contributed by atoms with Gasteiger partial charge in [0.05, 0.1) is 0 Å². The highest BCUT2D eigenvalue weighted by Crippen LogP contribution is 2.42. The SMILES string of the molecule is CC(C)c1sc2c(c1C(C)C)CCSC2. The standard InChI is InChI=1S/C13H20S2/c1-8(2)12-10-5-6-14-7-11(10)15-13(12)9(3)4/h8-9H,5-7H2,1-4H3. The third kappa shape index (κ3) is 2.12. The summed E-state index contributed by atoms with van der Waals surface area (Å²) in [6, 6.07) is 0. The second-order valence-electron chi connectivity index (χ2n) is 4.89. The van der Waals surface area contributed by atoms with Crippen LogP contribution in [0.2, 0.25) is 0 Å². The first-order valence-electron chi connectivity index (χ1n) is 5.83. The van der Waals surface area contributed by atoms with Crippen molar-refractivity contribution < 1.29 is 0 Å². The Morgan fingerprint density at radius 2 is 1.80 bits per heavy atom. The van der Waals surface area contributed by atoms with Crippen molar-refractivity contribution in [2.45, 2.75) is 51.7 Å². The molecule has 2 heteroatoms. The Bertz CT molecular complexity index is 348. The first kappa shape index (κ1) is 11.5. The molecular formula is C13H20S2. The Kier molecular flexibility index (Phi) is 3.46. The van der Waals surface area contributed by atoms with E-state index in [0.717, 1.165) is 0 Å². The predicted octanol–water partition coefficient (Wildman–Crippen LogP) is 4.78. The molecule has 0 fully saturated rings. The van der Waals surface area contributed by atoms with E-state index in [-0.39, 0.29) is 0 Å². The van der Waals surface area contributed by atoms with Crippen molar-refractivity contribution in [3.8, 4) is 0 Å². The average molecular weight is 240 g/mol. The van der Waals surface area contributed by atoms with Gasteiger partial charge in [0.2, 0.25) is 0 Å². The Hall–Kier alpha value is 0.0500. The van der Waals surface area contributed by atoms with Gasteiger partial charge >= 0.3 is 0 Å². The Morgan fingerprint density at radius 3 is 2.40 bits per heavy atom. The summed E-state index contributed by atoms with van der Waals surface area (Å²) >= 11 is 4.17. The van der Waals surface area contributed by atoms with Crippen molar-refractivity contribution in [2.24, 2.45) is 0 Å². The average Bonchev–Trinajstić information content (AvgIpc) is 2.56. The van der Waals surface area contributed by atoms with Crippen LogP contribution in [0, 0.1) is 0 Å². The molecule has 0 bridgehead atoms. The van der Waals surface area contributed by atoms with E-state index >= 15 is 0 Å². The van der Waals surface area contributed by atoms with Crippen molar-refractivity contribution >= 4 is 23.1 Å². The fourth-order valence-corrected chi connectivity index (χ4v) is 4.98. The molecule has 0 aliphatic carbocycles. The zero-order valence-corrected chi connectivity index (χ0v) is 11.7. The van der Waals surface area contributed by atoms with Crippen molar-refractivity contribution in [3.63, 3.8) is 0 Å². The van der Waals surface area contributed by atoms with Crippen molar-refractivity contribution in [3.05, 3.63) is 20.9 Å². The highest BCUT2D eigenvalue weighted by Gasteiger charge is 2.23. The minimum atomic E-state index is 0.697. The van der Waals surface area contributed by atoms with Crippen molar-refractivity contribution in [1.29, 1.82) is 0 Å². The van der Waals surface area contributed by atoms with Crippen LogP contribution < -0.4 is 0 Å². The molecular weight excluding hydrogens is 220 g/mol. The lowest BCUT2D eigenvalue weighted by Gasteiger charge is -2.16. The van der Waals surface area contributed by atoms with Gasteiger partial charge in [-0.1, -0.05) is 27.7 Å². The molecule has 0 saturated carbocycles. The van der Waals surface area contributed by atoms with Crippen LogP contribution in [0.4, 0.5) is 0 Å². The molecule has 0 nitrogen and oxygen atoms in total. The second-order valence-corrected chi connectivity index (χ2v) is 7.14. The van der Waals surface area contributed by atoms with Gasteiger partial charge in [-0.3, -0.25) is 0 Å². The topological polar surface area (TPSA) is 0 Å². The molecule has 0 unspecified atom stereocenters. The molecule has 2 rings (SSSR count). The molecule has 0 radical (unpaired) electrons. The molecule has 1 aromatic heterocycles. The Labute approximate surface area is 101 Å². The maximum Gasteiger partial charge on any atom is 0.0282 e. The van der Waals surface area contributed by atoms with Crippen LogP contribution in [0.1, 0.15) is 60.4 Å². The molecule has 15 heavy (non-hydrogen) atoms. The molecule has 1 aromatic rings. The minimum absolute atomic E-state index is 0.697. The Morgan fingerprint density at radius 1 is 1.07 bits per heavy atom. The van der Waals surface area contributed by atoms with Crippen LogP contribution in [-0.2, 0) is 12.2 Å². The third-order valence-corrected chi connectivity index (χ3v) is 5.71. The zero-order valence-electron chi connectivity index (χ0n) is 10.1. The van der Waals surface area contributed by atoms with Gasteiger partial charge in [-0.25, -0.2) is 0 Å². The number of hydrogen-bond acceptors (Lipinski definition) is 2. The maximum atomic E-state index is 2.34. The molecule has 84 valence electrons. The summed E-state index contributed by atoms with van der Waals surface area (Å²) in [6.07, 6.45) is 1.30. The largest absolute Gasteiger partial charge is 0.156 e. The van der Waals surface area contributed by atoms with Gasteiger partial charge in [0.15, 0.2) is 0 Å². The zero-order chi connectivity index (χ0) is 11.0. The van der Waals surface area contributed by atoms with Gasteiger partial charge in [-0.15, -0.1) is 11.3 Å². The molecule has 1 aliphatic heterocycles. The fourth-order valence-electron chi connectivity index (χ4n) is 2.34. The number of rotatable bonds is 2. The lowest BCUT2D eigenvalue weighted by atomic mass is 9.93. The summed E-state index contributed by atoms with van der Waals surface area (Å²) in [6.45, 7) is 9.35. The Balaban J connectivity index is 2.51. The first-order valence-corrected chi connectivity index (χ1v) is 7.80. The van der Waals surface area contributed by atoms with Crippen LogP contribution >= 0.6 is 23.1 Å². The van der Waals surface area contributed by atoms with Gasteiger partial charge in [-0.2, -0.15) is 11.8 Å². The van der Waals surface area contributed by atoms with Crippen LogP contribution in [0.15, 0.2) is 0 Å². The molecule has 0 saturated heterocycles. The summed E-state index contributed by atoms with van der Waals surface area (Å²) in [7, 11) is 0. The minimum Gasteiger partial charge on any atom is -0.156 e.